The van der Waals surface area contributed by atoms with Gasteiger partial charge in [0, 0.05) is 25.7 Å². The summed E-state index contributed by atoms with van der Waals surface area (Å²) < 4.78 is 0. The number of carbonyl (C=O) groups is 1. The molecule has 13 heavy (non-hydrogen) atoms. The molecule has 0 saturated carbocycles. The Hall–Kier alpha value is -1.25. The fourth-order valence-electron chi connectivity index (χ4n) is 1.34. The minimum absolute atomic E-state index is 0.259. The Morgan fingerprint density at radius 1 is 1.69 bits per heavy atom. The molecule has 0 aliphatic carbocycles. The van der Waals surface area contributed by atoms with E-state index < -0.39 is 5.97 Å². The average molecular weight is 181 g/mol. The SMILES string of the molecule is CN1CC=CC=C1CCCC(=O)O. The van der Waals surface area contributed by atoms with Gasteiger partial charge in [-0.1, -0.05) is 12.2 Å². The number of hydrogen-bond acceptors (Lipinski definition) is 2. The number of aliphatic carboxylic acids is 1. The standard InChI is InChI=1S/C10H15NO2/c1-11-8-3-2-5-9(11)6-4-7-10(12)13/h2-3,5H,4,6-8H2,1H3,(H,12,13). The van der Waals surface area contributed by atoms with Gasteiger partial charge in [0.15, 0.2) is 0 Å². The summed E-state index contributed by atoms with van der Waals surface area (Å²) in [6.45, 7) is 0.929. The first kappa shape index (κ1) is 9.84. The molecule has 1 N–H and O–H groups in total. The Balaban J connectivity index is 2.31. The van der Waals surface area contributed by atoms with Crippen molar-refractivity contribution in [2.24, 2.45) is 0 Å². The van der Waals surface area contributed by atoms with Crippen LogP contribution in [0, 0.1) is 0 Å². The van der Waals surface area contributed by atoms with Crippen LogP contribution in [0.2, 0.25) is 0 Å². The lowest BCUT2D eigenvalue weighted by Crippen LogP contribution is -2.19. The summed E-state index contributed by atoms with van der Waals surface area (Å²) in [5, 5.41) is 8.46. The van der Waals surface area contributed by atoms with Crippen molar-refractivity contribution in [1.29, 1.82) is 0 Å². The predicted octanol–water partition coefficient (Wildman–Crippen LogP) is 1.63. The van der Waals surface area contributed by atoms with E-state index in [-0.39, 0.29) is 6.42 Å². The fourth-order valence-corrected chi connectivity index (χ4v) is 1.34. The average Bonchev–Trinajstić information content (AvgIpc) is 2.08. The van der Waals surface area contributed by atoms with Gasteiger partial charge in [-0.25, -0.2) is 0 Å². The molecule has 1 aliphatic heterocycles. The van der Waals surface area contributed by atoms with Crippen LogP contribution in [0.1, 0.15) is 19.3 Å². The van der Waals surface area contributed by atoms with E-state index in [4.69, 9.17) is 5.11 Å². The first-order valence-corrected chi connectivity index (χ1v) is 4.49. The third-order valence-electron chi connectivity index (χ3n) is 2.12. The Morgan fingerprint density at radius 3 is 3.08 bits per heavy atom. The maximum atomic E-state index is 10.3. The zero-order valence-electron chi connectivity index (χ0n) is 7.86. The lowest BCUT2D eigenvalue weighted by Gasteiger charge is -2.23. The second-order valence-electron chi connectivity index (χ2n) is 3.21. The highest BCUT2D eigenvalue weighted by Gasteiger charge is 2.06. The monoisotopic (exact) mass is 181 g/mol. The third kappa shape index (κ3) is 3.32. The fraction of sp³-hybridized carbons (Fsp3) is 0.500. The summed E-state index contributed by atoms with van der Waals surface area (Å²) in [6, 6.07) is 0. The van der Waals surface area contributed by atoms with E-state index >= 15 is 0 Å². The Bertz CT molecular complexity index is 243. The van der Waals surface area contributed by atoms with Gasteiger partial charge >= 0.3 is 5.97 Å². The van der Waals surface area contributed by atoms with E-state index in [1.165, 1.54) is 5.70 Å². The van der Waals surface area contributed by atoms with E-state index in [0.29, 0.717) is 0 Å². The maximum Gasteiger partial charge on any atom is 0.303 e. The summed E-state index contributed by atoms with van der Waals surface area (Å²) in [5.41, 5.74) is 1.23. The Labute approximate surface area is 78.4 Å². The largest absolute Gasteiger partial charge is 0.481 e. The van der Waals surface area contributed by atoms with Crippen LogP contribution >= 0.6 is 0 Å². The van der Waals surface area contributed by atoms with E-state index in [1.54, 1.807) is 0 Å². The van der Waals surface area contributed by atoms with Crippen molar-refractivity contribution in [3.8, 4) is 0 Å². The van der Waals surface area contributed by atoms with E-state index in [1.807, 2.05) is 19.2 Å². The van der Waals surface area contributed by atoms with Crippen molar-refractivity contribution in [3.05, 3.63) is 23.9 Å². The van der Waals surface area contributed by atoms with Gasteiger partial charge in [0.2, 0.25) is 0 Å². The molecule has 1 rings (SSSR count). The van der Waals surface area contributed by atoms with Crippen LogP contribution in [0.3, 0.4) is 0 Å². The molecule has 0 unspecified atom stereocenters. The second kappa shape index (κ2) is 4.70. The quantitative estimate of drug-likeness (QED) is 0.716. The molecule has 0 radical (unpaired) electrons. The van der Waals surface area contributed by atoms with Crippen molar-refractivity contribution >= 4 is 5.97 Å². The normalized spacial score (nSPS) is 15.8. The topological polar surface area (TPSA) is 40.5 Å². The summed E-state index contributed by atoms with van der Waals surface area (Å²) in [6.07, 6.45) is 7.99. The Kier molecular flexibility index (Phi) is 3.55. The van der Waals surface area contributed by atoms with Gasteiger partial charge < -0.3 is 10.0 Å². The lowest BCUT2D eigenvalue weighted by molar-refractivity contribution is -0.137. The molecule has 0 aromatic heterocycles. The lowest BCUT2D eigenvalue weighted by atomic mass is 10.1. The van der Waals surface area contributed by atoms with Crippen molar-refractivity contribution in [3.63, 3.8) is 0 Å². The molecule has 3 nitrogen and oxygen atoms in total. The van der Waals surface area contributed by atoms with Crippen molar-refractivity contribution in [2.45, 2.75) is 19.3 Å². The van der Waals surface area contributed by atoms with Crippen molar-refractivity contribution in [2.75, 3.05) is 13.6 Å². The minimum Gasteiger partial charge on any atom is -0.481 e. The van der Waals surface area contributed by atoms with E-state index in [9.17, 15) is 4.79 Å². The highest BCUT2D eigenvalue weighted by atomic mass is 16.4. The Morgan fingerprint density at radius 2 is 2.46 bits per heavy atom. The molecule has 0 bridgehead atoms. The number of allylic oxidation sites excluding steroid dienone is 3. The van der Waals surface area contributed by atoms with Crippen LogP contribution in [0.5, 0.6) is 0 Å². The van der Waals surface area contributed by atoms with Crippen LogP contribution in [0.25, 0.3) is 0 Å². The van der Waals surface area contributed by atoms with Crippen LogP contribution in [-0.4, -0.2) is 29.6 Å². The minimum atomic E-state index is -0.713. The van der Waals surface area contributed by atoms with Gasteiger partial charge in [-0.05, 0) is 18.9 Å². The molecule has 0 atom stereocenters. The van der Waals surface area contributed by atoms with Gasteiger partial charge in [-0.3, -0.25) is 4.79 Å². The summed E-state index contributed by atoms with van der Waals surface area (Å²) in [5.74, 6) is -0.713. The number of nitrogens with zero attached hydrogens (tertiary/aromatic N) is 1. The number of rotatable bonds is 4. The molecule has 0 aromatic carbocycles. The molecule has 0 saturated heterocycles. The number of carboxylic acid groups (broad SMARTS) is 1. The highest BCUT2D eigenvalue weighted by molar-refractivity contribution is 5.66. The summed E-state index contributed by atoms with van der Waals surface area (Å²) in [4.78, 5) is 12.4. The third-order valence-corrected chi connectivity index (χ3v) is 2.12. The molecule has 0 fully saturated rings. The van der Waals surface area contributed by atoms with Crippen molar-refractivity contribution < 1.29 is 9.90 Å². The van der Waals surface area contributed by atoms with E-state index in [0.717, 1.165) is 19.4 Å². The highest BCUT2D eigenvalue weighted by Crippen LogP contribution is 2.14. The van der Waals surface area contributed by atoms with Crippen LogP contribution in [0.4, 0.5) is 0 Å². The molecule has 3 heteroatoms. The number of hydrogen-bond donors (Lipinski definition) is 1. The van der Waals surface area contributed by atoms with Gasteiger partial charge in [0.1, 0.15) is 0 Å². The first-order valence-electron chi connectivity index (χ1n) is 4.49. The van der Waals surface area contributed by atoms with Crippen molar-refractivity contribution in [1.82, 2.24) is 4.90 Å². The molecular formula is C10H15NO2. The molecule has 0 amide bonds. The first-order chi connectivity index (χ1) is 6.20. The molecule has 0 aromatic rings. The molecule has 0 spiro atoms. The molecular weight excluding hydrogens is 166 g/mol. The van der Waals surface area contributed by atoms with Gasteiger partial charge in [-0.15, -0.1) is 0 Å². The maximum absolute atomic E-state index is 10.3. The zero-order chi connectivity index (χ0) is 9.68. The summed E-state index contributed by atoms with van der Waals surface area (Å²) >= 11 is 0. The summed E-state index contributed by atoms with van der Waals surface area (Å²) in [7, 11) is 2.02. The van der Waals surface area contributed by atoms with Crippen LogP contribution in [-0.2, 0) is 4.79 Å². The number of likely N-dealkylation sites (N-methyl/N-ethyl adjacent to an activating group) is 1. The van der Waals surface area contributed by atoms with Crippen LogP contribution < -0.4 is 0 Å². The number of carboxylic acids is 1. The van der Waals surface area contributed by atoms with E-state index in [2.05, 4.69) is 11.0 Å². The van der Waals surface area contributed by atoms with Gasteiger partial charge in [0.05, 0.1) is 0 Å². The molecule has 72 valence electrons. The van der Waals surface area contributed by atoms with Gasteiger partial charge in [-0.2, -0.15) is 0 Å². The molecule has 1 heterocycles. The zero-order valence-corrected chi connectivity index (χ0v) is 7.86. The second-order valence-corrected chi connectivity index (χ2v) is 3.21. The predicted molar refractivity (Wildman–Crippen MR) is 51.3 cm³/mol. The molecule has 1 aliphatic rings. The van der Waals surface area contributed by atoms with Gasteiger partial charge in [0.25, 0.3) is 0 Å². The smallest absolute Gasteiger partial charge is 0.303 e. The van der Waals surface area contributed by atoms with Crippen LogP contribution in [0.15, 0.2) is 23.9 Å².